The number of allylic oxidation sites excluding steroid dienone is 1. The normalized spacial score (nSPS) is 13.0. The Morgan fingerprint density at radius 1 is 1.15 bits per heavy atom. The maximum absolute atomic E-state index is 5.37. The van der Waals surface area contributed by atoms with Crippen LogP contribution in [0.25, 0.3) is 6.08 Å². The maximum atomic E-state index is 5.37. The van der Waals surface area contributed by atoms with Crippen molar-refractivity contribution in [3.63, 3.8) is 0 Å². The fraction of sp³-hybridized carbons (Fsp3) is 0.333. The molecule has 0 amide bonds. The molecule has 0 atom stereocenters. The van der Waals surface area contributed by atoms with Gasteiger partial charge in [-0.3, -0.25) is 0 Å². The number of fused-ring (bicyclic) bond motifs is 1. The summed E-state index contributed by atoms with van der Waals surface area (Å²) in [6, 6.07) is 8.30. The van der Waals surface area contributed by atoms with Crippen molar-refractivity contribution in [1.82, 2.24) is 0 Å². The molecule has 0 saturated carbocycles. The Bertz CT molecular complexity index is 300. The predicted octanol–water partition coefficient (Wildman–Crippen LogP) is 3.60. The minimum Gasteiger partial charge on any atom is -0.494 e. The molecule has 0 N–H and O–H groups in total. The maximum Gasteiger partial charge on any atom is 0.113 e. The molecule has 2 rings (SSSR count). The average molecular weight is 176 g/mol. The average Bonchev–Trinajstić information content (AvgIpc) is 2.21. The Kier molecular flexibility index (Phi) is 3.56. The first-order chi connectivity index (χ1) is 6.36. The Balaban J connectivity index is 0.000000396. The van der Waals surface area contributed by atoms with Crippen molar-refractivity contribution in [2.75, 3.05) is 0 Å². The van der Waals surface area contributed by atoms with E-state index in [0.29, 0.717) is 0 Å². The highest BCUT2D eigenvalue weighted by Crippen LogP contribution is 2.20. The van der Waals surface area contributed by atoms with E-state index >= 15 is 0 Å². The van der Waals surface area contributed by atoms with Crippen LogP contribution in [0.2, 0.25) is 0 Å². The summed E-state index contributed by atoms with van der Waals surface area (Å²) in [5.74, 6) is 1.00. The zero-order valence-corrected chi connectivity index (χ0v) is 8.50. The van der Waals surface area contributed by atoms with E-state index in [-0.39, 0.29) is 0 Å². The molecule has 0 radical (unpaired) electrons. The van der Waals surface area contributed by atoms with Crippen molar-refractivity contribution in [3.05, 3.63) is 41.2 Å². The van der Waals surface area contributed by atoms with Gasteiger partial charge in [-0.1, -0.05) is 38.1 Å². The lowest BCUT2D eigenvalue weighted by atomic mass is 10.1. The van der Waals surface area contributed by atoms with Crippen LogP contribution < -0.4 is 0 Å². The zero-order valence-electron chi connectivity index (χ0n) is 8.50. The molecule has 0 unspecified atom stereocenters. The molecule has 1 aliphatic rings. The van der Waals surface area contributed by atoms with E-state index < -0.39 is 0 Å². The molecule has 1 nitrogen and oxygen atoms in total. The summed E-state index contributed by atoms with van der Waals surface area (Å²) in [6.07, 6.45) is 2.07. The third-order valence-corrected chi connectivity index (χ3v) is 1.87. The Hall–Kier alpha value is -1.24. The van der Waals surface area contributed by atoms with Gasteiger partial charge in [0.2, 0.25) is 0 Å². The molecule has 0 bridgehead atoms. The minimum absolute atomic E-state index is 0.721. The summed E-state index contributed by atoms with van der Waals surface area (Å²) in [6.45, 7) is 6.70. The first-order valence-electron chi connectivity index (χ1n) is 4.75. The number of ether oxygens (including phenoxy) is 1. The highest BCUT2D eigenvalue weighted by atomic mass is 16.5. The van der Waals surface area contributed by atoms with Crippen molar-refractivity contribution >= 4 is 6.08 Å². The molecule has 0 aliphatic carbocycles. The van der Waals surface area contributed by atoms with Gasteiger partial charge < -0.3 is 4.74 Å². The van der Waals surface area contributed by atoms with Crippen LogP contribution in [-0.2, 0) is 11.3 Å². The van der Waals surface area contributed by atoms with Gasteiger partial charge in [0.25, 0.3) is 0 Å². The molecule has 0 aromatic heterocycles. The van der Waals surface area contributed by atoms with E-state index in [0.717, 1.165) is 12.4 Å². The van der Waals surface area contributed by atoms with E-state index in [1.54, 1.807) is 0 Å². The van der Waals surface area contributed by atoms with E-state index in [1.165, 1.54) is 11.1 Å². The predicted molar refractivity (Wildman–Crippen MR) is 56.2 cm³/mol. The number of benzene rings is 1. The number of hydrogen-bond acceptors (Lipinski definition) is 1. The summed E-state index contributed by atoms with van der Waals surface area (Å²) in [7, 11) is 0. The first kappa shape index (κ1) is 9.85. The largest absolute Gasteiger partial charge is 0.494 e. The second-order valence-corrected chi connectivity index (χ2v) is 2.74. The highest BCUT2D eigenvalue weighted by molar-refractivity contribution is 5.56. The Morgan fingerprint density at radius 3 is 2.62 bits per heavy atom. The molecule has 1 heteroatoms. The van der Waals surface area contributed by atoms with Gasteiger partial charge in [0, 0.05) is 0 Å². The van der Waals surface area contributed by atoms with Gasteiger partial charge in [-0.05, 0) is 24.1 Å². The standard InChI is InChI=1S/C10H10O.C2H6/c1-8-6-9-4-2-3-5-10(9)7-11-8;1-2/h2-6H,7H2,1H3;1-2H3. The molecule has 13 heavy (non-hydrogen) atoms. The molecule has 0 spiro atoms. The van der Waals surface area contributed by atoms with Crippen LogP contribution in [0, 0.1) is 0 Å². The fourth-order valence-corrected chi connectivity index (χ4v) is 1.26. The van der Waals surface area contributed by atoms with Gasteiger partial charge in [-0.25, -0.2) is 0 Å². The van der Waals surface area contributed by atoms with Gasteiger partial charge in [0.15, 0.2) is 0 Å². The number of rotatable bonds is 0. The number of hydrogen-bond donors (Lipinski definition) is 0. The zero-order chi connectivity index (χ0) is 9.68. The summed E-state index contributed by atoms with van der Waals surface area (Å²) >= 11 is 0. The van der Waals surface area contributed by atoms with Gasteiger partial charge in [0.05, 0.1) is 5.76 Å². The third kappa shape index (κ3) is 2.35. The monoisotopic (exact) mass is 176 g/mol. The van der Waals surface area contributed by atoms with Crippen LogP contribution in [0.5, 0.6) is 0 Å². The molecular formula is C12H16O. The van der Waals surface area contributed by atoms with Crippen molar-refractivity contribution in [2.45, 2.75) is 27.4 Å². The molecule has 1 aromatic rings. The topological polar surface area (TPSA) is 9.23 Å². The lowest BCUT2D eigenvalue weighted by Crippen LogP contribution is -1.99. The minimum atomic E-state index is 0.721. The van der Waals surface area contributed by atoms with Crippen molar-refractivity contribution < 1.29 is 4.74 Å². The van der Waals surface area contributed by atoms with Crippen LogP contribution in [-0.4, -0.2) is 0 Å². The second-order valence-electron chi connectivity index (χ2n) is 2.74. The SMILES string of the molecule is CC.CC1=Cc2ccccc2CO1. The molecule has 0 fully saturated rings. The highest BCUT2D eigenvalue weighted by Gasteiger charge is 2.05. The van der Waals surface area contributed by atoms with Crippen molar-refractivity contribution in [3.8, 4) is 0 Å². The fourth-order valence-electron chi connectivity index (χ4n) is 1.26. The second kappa shape index (κ2) is 4.70. The Labute approximate surface area is 80.0 Å². The van der Waals surface area contributed by atoms with Gasteiger partial charge in [0.1, 0.15) is 6.61 Å². The van der Waals surface area contributed by atoms with Crippen LogP contribution in [0.15, 0.2) is 30.0 Å². The first-order valence-corrected chi connectivity index (χ1v) is 4.75. The van der Waals surface area contributed by atoms with E-state index in [4.69, 9.17) is 4.74 Å². The van der Waals surface area contributed by atoms with E-state index in [2.05, 4.69) is 18.2 Å². The molecule has 1 aromatic carbocycles. The molecular weight excluding hydrogens is 160 g/mol. The summed E-state index contributed by atoms with van der Waals surface area (Å²) in [5, 5.41) is 0. The lowest BCUT2D eigenvalue weighted by Gasteiger charge is -2.14. The van der Waals surface area contributed by atoms with Crippen LogP contribution in [0.4, 0.5) is 0 Å². The molecule has 1 aliphatic heterocycles. The van der Waals surface area contributed by atoms with E-state index in [9.17, 15) is 0 Å². The summed E-state index contributed by atoms with van der Waals surface area (Å²) in [5.41, 5.74) is 2.56. The summed E-state index contributed by atoms with van der Waals surface area (Å²) < 4.78 is 5.37. The molecule has 0 saturated heterocycles. The van der Waals surface area contributed by atoms with Gasteiger partial charge in [-0.15, -0.1) is 0 Å². The molecule has 1 heterocycles. The molecule has 70 valence electrons. The van der Waals surface area contributed by atoms with Crippen molar-refractivity contribution in [1.29, 1.82) is 0 Å². The van der Waals surface area contributed by atoms with Gasteiger partial charge >= 0.3 is 0 Å². The third-order valence-electron chi connectivity index (χ3n) is 1.87. The Morgan fingerprint density at radius 2 is 1.85 bits per heavy atom. The quantitative estimate of drug-likeness (QED) is 0.586. The van der Waals surface area contributed by atoms with Gasteiger partial charge in [-0.2, -0.15) is 0 Å². The van der Waals surface area contributed by atoms with Crippen molar-refractivity contribution in [2.24, 2.45) is 0 Å². The smallest absolute Gasteiger partial charge is 0.113 e. The van der Waals surface area contributed by atoms with E-state index in [1.807, 2.05) is 32.9 Å². The summed E-state index contributed by atoms with van der Waals surface area (Å²) in [4.78, 5) is 0. The lowest BCUT2D eigenvalue weighted by molar-refractivity contribution is 0.199. The van der Waals surface area contributed by atoms with Crippen LogP contribution in [0.1, 0.15) is 31.9 Å². The van der Waals surface area contributed by atoms with Crippen LogP contribution >= 0.6 is 0 Å². The van der Waals surface area contributed by atoms with Crippen LogP contribution in [0.3, 0.4) is 0 Å².